The van der Waals surface area contributed by atoms with E-state index in [-0.39, 0.29) is 11.9 Å². The highest BCUT2D eigenvalue weighted by Gasteiger charge is 2.32. The van der Waals surface area contributed by atoms with Gasteiger partial charge in [-0.2, -0.15) is 0 Å². The molecule has 1 fully saturated rings. The third-order valence-electron chi connectivity index (χ3n) is 5.25. The summed E-state index contributed by atoms with van der Waals surface area (Å²) in [6.07, 6.45) is 6.52. The number of fused-ring (bicyclic) bond motifs is 2. The third-order valence-corrected chi connectivity index (χ3v) is 5.25. The van der Waals surface area contributed by atoms with Gasteiger partial charge in [0.25, 0.3) is 5.91 Å². The summed E-state index contributed by atoms with van der Waals surface area (Å²) in [7, 11) is 0. The van der Waals surface area contributed by atoms with Crippen molar-refractivity contribution in [3.05, 3.63) is 60.0 Å². The highest BCUT2D eigenvalue weighted by atomic mass is 16.5. The fourth-order valence-corrected chi connectivity index (χ4v) is 3.93. The van der Waals surface area contributed by atoms with Crippen LogP contribution in [0, 0.1) is 0 Å². The molecule has 138 valence electrons. The monoisotopic (exact) mass is 363 g/mol. The number of carbonyl (C=O) groups excluding carboxylic acids is 1. The lowest BCUT2D eigenvalue weighted by molar-refractivity contribution is 0.0730. The Hall–Kier alpha value is -3.02. The SMILES string of the molecule is O=C(c1cn2ccccc2n1)N1CCC[C@H]1c1ccc2c(c1)OCCCO2. The number of pyridine rings is 1. The second-order valence-electron chi connectivity index (χ2n) is 7.01. The summed E-state index contributed by atoms with van der Waals surface area (Å²) in [5.41, 5.74) is 2.36. The number of likely N-dealkylation sites (tertiary alicyclic amines) is 1. The lowest BCUT2D eigenvalue weighted by Crippen LogP contribution is -2.30. The van der Waals surface area contributed by atoms with E-state index in [2.05, 4.69) is 4.98 Å². The maximum absolute atomic E-state index is 13.1. The molecule has 6 heteroatoms. The molecule has 0 spiro atoms. The molecule has 0 radical (unpaired) electrons. The van der Waals surface area contributed by atoms with E-state index in [4.69, 9.17) is 9.47 Å². The number of hydrogen-bond acceptors (Lipinski definition) is 4. The number of benzene rings is 1. The number of rotatable bonds is 2. The molecule has 0 aliphatic carbocycles. The summed E-state index contributed by atoms with van der Waals surface area (Å²) >= 11 is 0. The van der Waals surface area contributed by atoms with Crippen molar-refractivity contribution in [2.45, 2.75) is 25.3 Å². The van der Waals surface area contributed by atoms with Crippen LogP contribution in [0.4, 0.5) is 0 Å². The molecule has 6 nitrogen and oxygen atoms in total. The molecule has 2 aromatic heterocycles. The van der Waals surface area contributed by atoms with E-state index < -0.39 is 0 Å². The van der Waals surface area contributed by atoms with Gasteiger partial charge in [0, 0.05) is 25.4 Å². The highest BCUT2D eigenvalue weighted by molar-refractivity contribution is 5.93. The summed E-state index contributed by atoms with van der Waals surface area (Å²) in [5, 5.41) is 0. The Morgan fingerprint density at radius 1 is 1.07 bits per heavy atom. The predicted octanol–water partition coefficient (Wildman–Crippen LogP) is 3.47. The molecule has 4 heterocycles. The van der Waals surface area contributed by atoms with Crippen molar-refractivity contribution >= 4 is 11.6 Å². The average molecular weight is 363 g/mol. The van der Waals surface area contributed by atoms with Crippen LogP contribution in [-0.2, 0) is 0 Å². The van der Waals surface area contributed by atoms with Gasteiger partial charge in [-0.25, -0.2) is 4.98 Å². The van der Waals surface area contributed by atoms with Crippen molar-refractivity contribution in [2.75, 3.05) is 19.8 Å². The Bertz CT molecular complexity index is 964. The number of carbonyl (C=O) groups is 1. The van der Waals surface area contributed by atoms with Crippen molar-refractivity contribution in [3.8, 4) is 11.5 Å². The molecular formula is C21H21N3O3. The molecule has 3 aromatic rings. The third kappa shape index (κ3) is 2.91. The van der Waals surface area contributed by atoms with E-state index in [1.165, 1.54) is 0 Å². The average Bonchev–Trinajstić information content (AvgIpc) is 3.29. The Labute approximate surface area is 157 Å². The maximum atomic E-state index is 13.1. The zero-order chi connectivity index (χ0) is 18.2. The molecule has 1 amide bonds. The fourth-order valence-electron chi connectivity index (χ4n) is 3.93. The topological polar surface area (TPSA) is 56.1 Å². The van der Waals surface area contributed by atoms with Crippen LogP contribution in [0.5, 0.6) is 11.5 Å². The zero-order valence-corrected chi connectivity index (χ0v) is 15.0. The van der Waals surface area contributed by atoms with Crippen LogP contribution in [0.15, 0.2) is 48.8 Å². The number of hydrogen-bond donors (Lipinski definition) is 0. The smallest absolute Gasteiger partial charge is 0.274 e. The van der Waals surface area contributed by atoms with Crippen LogP contribution in [0.1, 0.15) is 41.4 Å². The minimum atomic E-state index is -0.0201. The second kappa shape index (κ2) is 6.61. The molecule has 0 unspecified atom stereocenters. The van der Waals surface area contributed by atoms with Gasteiger partial charge in [0.1, 0.15) is 11.3 Å². The van der Waals surface area contributed by atoms with Gasteiger partial charge >= 0.3 is 0 Å². The van der Waals surface area contributed by atoms with E-state index in [1.54, 1.807) is 6.20 Å². The summed E-state index contributed by atoms with van der Waals surface area (Å²) < 4.78 is 13.4. The quantitative estimate of drug-likeness (QED) is 0.700. The number of imidazole rings is 1. The van der Waals surface area contributed by atoms with Gasteiger partial charge in [-0.3, -0.25) is 4.79 Å². The van der Waals surface area contributed by atoms with Crippen molar-refractivity contribution in [1.82, 2.24) is 14.3 Å². The van der Waals surface area contributed by atoms with Crippen molar-refractivity contribution in [2.24, 2.45) is 0 Å². The minimum Gasteiger partial charge on any atom is -0.490 e. The van der Waals surface area contributed by atoms with Crippen LogP contribution >= 0.6 is 0 Å². The molecule has 2 aliphatic rings. The minimum absolute atomic E-state index is 0.0201. The van der Waals surface area contributed by atoms with E-state index >= 15 is 0 Å². The van der Waals surface area contributed by atoms with Crippen LogP contribution in [0.2, 0.25) is 0 Å². The maximum Gasteiger partial charge on any atom is 0.274 e. The van der Waals surface area contributed by atoms with Gasteiger partial charge in [-0.15, -0.1) is 0 Å². The Morgan fingerprint density at radius 3 is 2.85 bits per heavy atom. The van der Waals surface area contributed by atoms with Gasteiger partial charge in [0.05, 0.1) is 19.3 Å². The Balaban J connectivity index is 1.44. The predicted molar refractivity (Wildman–Crippen MR) is 100 cm³/mol. The van der Waals surface area contributed by atoms with Crippen LogP contribution in [0.25, 0.3) is 5.65 Å². The second-order valence-corrected chi connectivity index (χ2v) is 7.01. The molecule has 0 saturated carbocycles. The van der Waals surface area contributed by atoms with Crippen LogP contribution in [-0.4, -0.2) is 40.0 Å². The van der Waals surface area contributed by atoms with Crippen molar-refractivity contribution < 1.29 is 14.3 Å². The molecule has 27 heavy (non-hydrogen) atoms. The summed E-state index contributed by atoms with van der Waals surface area (Å²) in [5.74, 6) is 1.54. The van der Waals surface area contributed by atoms with E-state index in [0.717, 1.165) is 48.5 Å². The number of ether oxygens (including phenoxy) is 2. The van der Waals surface area contributed by atoms with Gasteiger partial charge in [-0.1, -0.05) is 12.1 Å². The molecule has 1 aromatic carbocycles. The first-order valence-corrected chi connectivity index (χ1v) is 9.44. The summed E-state index contributed by atoms with van der Waals surface area (Å²) in [6.45, 7) is 2.07. The van der Waals surface area contributed by atoms with Crippen molar-refractivity contribution in [1.29, 1.82) is 0 Å². The number of amides is 1. The lowest BCUT2D eigenvalue weighted by Gasteiger charge is -2.25. The van der Waals surface area contributed by atoms with E-state index in [1.807, 2.05) is 51.9 Å². The molecular weight excluding hydrogens is 342 g/mol. The first-order valence-electron chi connectivity index (χ1n) is 9.44. The Morgan fingerprint density at radius 2 is 1.96 bits per heavy atom. The standard InChI is InChI=1S/C21H21N3O3/c25-21(16-14-23-9-2-1-6-20(23)22-16)24-10-3-5-17(24)15-7-8-18-19(13-15)27-12-4-11-26-18/h1-2,6-9,13-14,17H,3-5,10-12H2/t17-/m0/s1. The van der Waals surface area contributed by atoms with Crippen LogP contribution < -0.4 is 9.47 Å². The first-order chi connectivity index (χ1) is 13.3. The largest absolute Gasteiger partial charge is 0.490 e. The molecule has 2 aliphatic heterocycles. The highest BCUT2D eigenvalue weighted by Crippen LogP contribution is 2.38. The fraction of sp³-hybridized carbons (Fsp3) is 0.333. The number of aromatic nitrogens is 2. The lowest BCUT2D eigenvalue weighted by atomic mass is 10.0. The number of nitrogens with zero attached hydrogens (tertiary/aromatic N) is 3. The molecule has 0 bridgehead atoms. The van der Waals surface area contributed by atoms with Gasteiger partial charge in [0.2, 0.25) is 0 Å². The van der Waals surface area contributed by atoms with Gasteiger partial charge in [0.15, 0.2) is 11.5 Å². The Kier molecular flexibility index (Phi) is 3.96. The molecule has 1 saturated heterocycles. The summed E-state index contributed by atoms with van der Waals surface area (Å²) in [4.78, 5) is 19.6. The molecule has 5 rings (SSSR count). The molecule has 0 N–H and O–H groups in total. The van der Waals surface area contributed by atoms with E-state index in [9.17, 15) is 4.79 Å². The first kappa shape index (κ1) is 16.2. The van der Waals surface area contributed by atoms with Gasteiger partial charge in [-0.05, 0) is 42.7 Å². The van der Waals surface area contributed by atoms with Gasteiger partial charge < -0.3 is 18.8 Å². The molecule has 1 atom stereocenters. The van der Waals surface area contributed by atoms with E-state index in [0.29, 0.717) is 18.9 Å². The summed E-state index contributed by atoms with van der Waals surface area (Å²) in [6, 6.07) is 11.8. The normalized spacial score (nSPS) is 19.3. The van der Waals surface area contributed by atoms with Crippen molar-refractivity contribution in [3.63, 3.8) is 0 Å². The van der Waals surface area contributed by atoms with Crippen LogP contribution in [0.3, 0.4) is 0 Å². The zero-order valence-electron chi connectivity index (χ0n) is 15.0.